The molecule has 46 heavy (non-hydrogen) atoms. The molecule has 0 bridgehead atoms. The molecule has 0 saturated heterocycles. The average Bonchev–Trinajstić information content (AvgIpc) is 3.07. The van der Waals surface area contributed by atoms with Crippen molar-refractivity contribution < 1.29 is 37.0 Å². The van der Waals surface area contributed by atoms with Crippen molar-refractivity contribution in [3.05, 3.63) is 72.3 Å². The van der Waals surface area contributed by atoms with Crippen molar-refractivity contribution in [2.45, 2.75) is 44.6 Å². The van der Waals surface area contributed by atoms with Crippen LogP contribution in [-0.4, -0.2) is 79.2 Å². The van der Waals surface area contributed by atoms with Gasteiger partial charge in [-0.2, -0.15) is 0 Å². The van der Waals surface area contributed by atoms with Crippen LogP contribution < -0.4 is 28.6 Å². The normalized spacial score (nSPS) is 11.8. The highest BCUT2D eigenvalue weighted by atomic mass is 32.2. The highest BCUT2D eigenvalue weighted by Gasteiger charge is 2.35. The molecular formula is C34H45N3O8S. The van der Waals surface area contributed by atoms with Gasteiger partial charge in [0, 0.05) is 25.2 Å². The SMILES string of the molecule is CCC(C(=O)NCC(C)C)N(CCc1ccccc1)C(=O)CN(c1cc(OC)ccc1OC)S(=O)(=O)c1ccc(OC)c(OC)c1. The summed E-state index contributed by atoms with van der Waals surface area (Å²) in [4.78, 5) is 29.1. The number of methoxy groups -OCH3 is 4. The zero-order valence-electron chi connectivity index (χ0n) is 27.6. The highest BCUT2D eigenvalue weighted by Crippen LogP contribution is 2.37. The molecule has 0 aliphatic heterocycles. The van der Waals surface area contributed by atoms with Gasteiger partial charge in [-0.25, -0.2) is 8.42 Å². The molecule has 0 radical (unpaired) electrons. The summed E-state index contributed by atoms with van der Waals surface area (Å²) >= 11 is 0. The fraction of sp³-hybridized carbons (Fsp3) is 0.412. The molecule has 12 heteroatoms. The van der Waals surface area contributed by atoms with Crippen LogP contribution in [0, 0.1) is 5.92 Å². The Bertz CT molecular complexity index is 1560. The molecule has 1 N–H and O–H groups in total. The predicted molar refractivity (Wildman–Crippen MR) is 177 cm³/mol. The lowest BCUT2D eigenvalue weighted by Gasteiger charge is -2.33. The van der Waals surface area contributed by atoms with Crippen LogP contribution in [0.2, 0.25) is 0 Å². The van der Waals surface area contributed by atoms with Gasteiger partial charge in [-0.1, -0.05) is 51.1 Å². The van der Waals surface area contributed by atoms with Gasteiger partial charge in [0.1, 0.15) is 24.1 Å². The van der Waals surface area contributed by atoms with Crippen molar-refractivity contribution >= 4 is 27.5 Å². The Hall–Kier alpha value is -4.45. The Morgan fingerprint density at radius 1 is 0.826 bits per heavy atom. The summed E-state index contributed by atoms with van der Waals surface area (Å²) in [5.41, 5.74) is 1.06. The van der Waals surface area contributed by atoms with Crippen molar-refractivity contribution in [3.8, 4) is 23.0 Å². The van der Waals surface area contributed by atoms with Crippen molar-refractivity contribution in [1.29, 1.82) is 0 Å². The van der Waals surface area contributed by atoms with Gasteiger partial charge in [0.25, 0.3) is 10.0 Å². The molecule has 0 aromatic heterocycles. The number of benzene rings is 3. The molecule has 250 valence electrons. The van der Waals surface area contributed by atoms with E-state index in [1.807, 2.05) is 51.1 Å². The number of rotatable bonds is 17. The van der Waals surface area contributed by atoms with E-state index in [0.29, 0.717) is 30.9 Å². The monoisotopic (exact) mass is 655 g/mol. The van der Waals surface area contributed by atoms with Gasteiger partial charge < -0.3 is 29.2 Å². The molecular weight excluding hydrogens is 610 g/mol. The number of amides is 2. The number of ether oxygens (including phenoxy) is 4. The first-order chi connectivity index (χ1) is 22.0. The predicted octanol–water partition coefficient (Wildman–Crippen LogP) is 4.54. The highest BCUT2D eigenvalue weighted by molar-refractivity contribution is 7.92. The van der Waals surface area contributed by atoms with Gasteiger partial charge in [-0.3, -0.25) is 13.9 Å². The third-order valence-electron chi connectivity index (χ3n) is 7.43. The third kappa shape index (κ3) is 8.84. The van der Waals surface area contributed by atoms with Gasteiger partial charge in [0.05, 0.1) is 39.0 Å². The Balaban J connectivity index is 2.14. The average molecular weight is 656 g/mol. The van der Waals surface area contributed by atoms with Gasteiger partial charge in [-0.15, -0.1) is 0 Å². The van der Waals surface area contributed by atoms with E-state index in [2.05, 4.69) is 5.32 Å². The molecule has 3 rings (SSSR count). The minimum Gasteiger partial charge on any atom is -0.497 e. The lowest BCUT2D eigenvalue weighted by atomic mass is 10.1. The summed E-state index contributed by atoms with van der Waals surface area (Å²) in [6.45, 7) is 5.80. The van der Waals surface area contributed by atoms with Crippen LogP contribution >= 0.6 is 0 Å². The number of carbonyl (C=O) groups excluding carboxylic acids is 2. The van der Waals surface area contributed by atoms with E-state index in [1.54, 1.807) is 12.1 Å². The maximum absolute atomic E-state index is 14.4. The summed E-state index contributed by atoms with van der Waals surface area (Å²) in [5, 5.41) is 2.94. The lowest BCUT2D eigenvalue weighted by Crippen LogP contribution is -2.53. The van der Waals surface area contributed by atoms with E-state index in [1.165, 1.54) is 57.6 Å². The Labute approximate surface area is 272 Å². The minimum atomic E-state index is -4.42. The van der Waals surface area contributed by atoms with E-state index in [0.717, 1.165) is 9.87 Å². The van der Waals surface area contributed by atoms with Gasteiger partial charge in [-0.05, 0) is 48.6 Å². The standard InChI is InChI=1S/C34H45N3O8S/c1-8-28(34(39)35-22-24(2)3)36(19-18-25-12-10-9-11-13-25)33(38)23-37(29-20-26(42-4)14-16-30(29)43-5)46(40,41)27-15-17-31(44-6)32(21-27)45-7/h9-17,20-21,24,28H,8,18-19,22-23H2,1-7H3,(H,35,39). The largest absolute Gasteiger partial charge is 0.497 e. The molecule has 1 unspecified atom stereocenters. The number of sulfonamides is 1. The van der Waals surface area contributed by atoms with E-state index in [-0.39, 0.29) is 40.5 Å². The minimum absolute atomic E-state index is 0.0882. The third-order valence-corrected chi connectivity index (χ3v) is 9.19. The maximum Gasteiger partial charge on any atom is 0.265 e. The number of hydrogen-bond donors (Lipinski definition) is 1. The molecule has 0 aliphatic rings. The Morgan fingerprint density at radius 2 is 1.48 bits per heavy atom. The van der Waals surface area contributed by atoms with Crippen LogP contribution in [0.1, 0.15) is 32.8 Å². The fourth-order valence-electron chi connectivity index (χ4n) is 4.93. The molecule has 1 atom stereocenters. The molecule has 0 spiro atoms. The van der Waals surface area contributed by atoms with Crippen LogP contribution in [0.4, 0.5) is 5.69 Å². The fourth-order valence-corrected chi connectivity index (χ4v) is 6.36. The first kappa shape index (κ1) is 36.0. The van der Waals surface area contributed by atoms with Crippen LogP contribution in [0.25, 0.3) is 0 Å². The van der Waals surface area contributed by atoms with Crippen molar-refractivity contribution in [2.75, 3.05) is 52.4 Å². The van der Waals surface area contributed by atoms with Gasteiger partial charge in [0.15, 0.2) is 11.5 Å². The molecule has 11 nitrogen and oxygen atoms in total. The van der Waals surface area contributed by atoms with E-state index < -0.39 is 28.5 Å². The second-order valence-corrected chi connectivity index (χ2v) is 12.8. The molecule has 2 amide bonds. The summed E-state index contributed by atoms with van der Waals surface area (Å²) in [6.07, 6.45) is 0.792. The quantitative estimate of drug-likeness (QED) is 0.225. The number of hydrogen-bond acceptors (Lipinski definition) is 8. The maximum atomic E-state index is 14.4. The van der Waals surface area contributed by atoms with Crippen LogP contribution in [-0.2, 0) is 26.0 Å². The van der Waals surface area contributed by atoms with E-state index in [4.69, 9.17) is 18.9 Å². The zero-order chi connectivity index (χ0) is 33.9. The van der Waals surface area contributed by atoms with Crippen LogP contribution in [0.15, 0.2) is 71.6 Å². The first-order valence-electron chi connectivity index (χ1n) is 15.1. The second-order valence-electron chi connectivity index (χ2n) is 11.0. The molecule has 0 heterocycles. The molecule has 3 aromatic rings. The number of nitrogens with one attached hydrogen (secondary N) is 1. The van der Waals surface area contributed by atoms with Crippen LogP contribution in [0.5, 0.6) is 23.0 Å². The van der Waals surface area contributed by atoms with E-state index in [9.17, 15) is 18.0 Å². The number of carbonyl (C=O) groups is 2. The Morgan fingerprint density at radius 3 is 2.07 bits per heavy atom. The lowest BCUT2D eigenvalue weighted by molar-refractivity contribution is -0.139. The zero-order valence-corrected chi connectivity index (χ0v) is 28.4. The molecule has 3 aromatic carbocycles. The summed E-state index contributed by atoms with van der Waals surface area (Å²) < 4.78 is 51.5. The summed E-state index contributed by atoms with van der Waals surface area (Å²) in [5.74, 6) is 0.449. The summed E-state index contributed by atoms with van der Waals surface area (Å²) in [7, 11) is 1.29. The number of anilines is 1. The van der Waals surface area contributed by atoms with E-state index >= 15 is 0 Å². The smallest absolute Gasteiger partial charge is 0.265 e. The second kappa shape index (κ2) is 16.7. The van der Waals surface area contributed by atoms with Crippen molar-refractivity contribution in [1.82, 2.24) is 10.2 Å². The van der Waals surface area contributed by atoms with Crippen LogP contribution in [0.3, 0.4) is 0 Å². The van der Waals surface area contributed by atoms with Gasteiger partial charge >= 0.3 is 0 Å². The Kier molecular flexibility index (Phi) is 13.1. The summed E-state index contributed by atoms with van der Waals surface area (Å²) in [6, 6.07) is 17.6. The van der Waals surface area contributed by atoms with Crippen molar-refractivity contribution in [3.63, 3.8) is 0 Å². The topological polar surface area (TPSA) is 124 Å². The first-order valence-corrected chi connectivity index (χ1v) is 16.5. The molecule has 0 fully saturated rings. The molecule has 0 aliphatic carbocycles. The number of nitrogens with zero attached hydrogens (tertiary/aromatic N) is 2. The molecule has 0 saturated carbocycles. The van der Waals surface area contributed by atoms with Crippen molar-refractivity contribution in [2.24, 2.45) is 5.92 Å². The van der Waals surface area contributed by atoms with Gasteiger partial charge in [0.2, 0.25) is 11.8 Å².